The first-order valence-electron chi connectivity index (χ1n) is 9.32. The lowest BCUT2D eigenvalue weighted by atomic mass is 10.2. The lowest BCUT2D eigenvalue weighted by Gasteiger charge is -2.15. The van der Waals surface area contributed by atoms with Gasteiger partial charge in [-0.05, 0) is 59.8 Å². The van der Waals surface area contributed by atoms with Crippen LogP contribution in [-0.2, 0) is 4.79 Å². The van der Waals surface area contributed by atoms with E-state index in [0.717, 1.165) is 22.6 Å². The number of para-hydroxylation sites is 2. The zero-order chi connectivity index (χ0) is 20.2. The third-order valence-electron chi connectivity index (χ3n) is 4.51. The lowest BCUT2D eigenvalue weighted by Crippen LogP contribution is -2.28. The van der Waals surface area contributed by atoms with Gasteiger partial charge in [0.05, 0.1) is 16.3 Å². The lowest BCUT2D eigenvalue weighted by molar-refractivity contribution is -0.113. The molecule has 0 bridgehead atoms. The summed E-state index contributed by atoms with van der Waals surface area (Å²) in [6.07, 6.45) is 1.93. The van der Waals surface area contributed by atoms with Crippen molar-refractivity contribution in [1.82, 2.24) is 0 Å². The van der Waals surface area contributed by atoms with Crippen molar-refractivity contribution in [2.24, 2.45) is 4.99 Å². The predicted molar refractivity (Wildman–Crippen MR) is 124 cm³/mol. The van der Waals surface area contributed by atoms with Crippen LogP contribution >= 0.6 is 11.8 Å². The molecule has 29 heavy (non-hydrogen) atoms. The van der Waals surface area contributed by atoms with Crippen LogP contribution in [0.15, 0.2) is 94.8 Å². The van der Waals surface area contributed by atoms with Gasteiger partial charge in [0.15, 0.2) is 5.17 Å². The maximum absolute atomic E-state index is 13.2. The quantitative estimate of drug-likeness (QED) is 0.539. The number of nitrogens with zero attached hydrogens (tertiary/aromatic N) is 3. The van der Waals surface area contributed by atoms with E-state index in [1.807, 2.05) is 110 Å². The number of amides is 1. The number of thioether (sulfide) groups is 1. The maximum Gasteiger partial charge on any atom is 0.271 e. The molecule has 144 valence electrons. The number of amidine groups is 1. The van der Waals surface area contributed by atoms with E-state index in [1.165, 1.54) is 11.8 Å². The monoisotopic (exact) mass is 399 g/mol. The van der Waals surface area contributed by atoms with E-state index >= 15 is 0 Å². The zero-order valence-corrected chi connectivity index (χ0v) is 17.1. The number of carbonyl (C=O) groups excluding carboxylic acids is 1. The molecule has 0 unspecified atom stereocenters. The molecule has 0 aromatic heterocycles. The molecule has 1 amide bonds. The molecule has 0 saturated carbocycles. The molecule has 1 heterocycles. The molecular formula is C24H21N3OS. The van der Waals surface area contributed by atoms with Gasteiger partial charge in [-0.1, -0.05) is 48.5 Å². The number of hydrogen-bond donors (Lipinski definition) is 0. The van der Waals surface area contributed by atoms with Crippen molar-refractivity contribution in [2.75, 3.05) is 23.9 Å². The first kappa shape index (κ1) is 19.0. The standard InChI is InChI=1S/C24H21N3OS/c1-26(2)20-15-13-18(14-16-20)17-22-23(28)27(21-11-7-4-8-12-21)24(29-22)25-19-9-5-3-6-10-19/h3-17H,1-2H3. The highest BCUT2D eigenvalue weighted by Crippen LogP contribution is 2.37. The Bertz CT molecular complexity index is 1060. The van der Waals surface area contributed by atoms with Crippen molar-refractivity contribution in [2.45, 2.75) is 0 Å². The first-order chi connectivity index (χ1) is 14.1. The highest BCUT2D eigenvalue weighted by atomic mass is 32.2. The molecule has 3 aromatic carbocycles. The van der Waals surface area contributed by atoms with Gasteiger partial charge < -0.3 is 4.90 Å². The molecule has 0 aliphatic carbocycles. The molecule has 1 aliphatic rings. The van der Waals surface area contributed by atoms with E-state index in [2.05, 4.69) is 0 Å². The van der Waals surface area contributed by atoms with Crippen molar-refractivity contribution in [3.8, 4) is 0 Å². The van der Waals surface area contributed by atoms with Crippen LogP contribution in [0.2, 0.25) is 0 Å². The van der Waals surface area contributed by atoms with Gasteiger partial charge in [0.2, 0.25) is 0 Å². The van der Waals surface area contributed by atoms with E-state index < -0.39 is 0 Å². The molecule has 0 radical (unpaired) electrons. The number of anilines is 2. The Morgan fingerprint density at radius 3 is 2.10 bits per heavy atom. The van der Waals surface area contributed by atoms with Crippen LogP contribution in [0, 0.1) is 0 Å². The van der Waals surface area contributed by atoms with Gasteiger partial charge in [0.25, 0.3) is 5.91 Å². The fourth-order valence-electron chi connectivity index (χ4n) is 2.99. The molecule has 1 aliphatic heterocycles. The Morgan fingerprint density at radius 1 is 0.862 bits per heavy atom. The minimum absolute atomic E-state index is 0.0624. The summed E-state index contributed by atoms with van der Waals surface area (Å²) >= 11 is 1.40. The molecule has 1 saturated heterocycles. The van der Waals surface area contributed by atoms with Gasteiger partial charge in [0, 0.05) is 19.8 Å². The Balaban J connectivity index is 1.72. The first-order valence-corrected chi connectivity index (χ1v) is 10.1. The van der Waals surface area contributed by atoms with Crippen LogP contribution in [0.1, 0.15) is 5.56 Å². The summed E-state index contributed by atoms with van der Waals surface area (Å²) in [7, 11) is 4.02. The number of benzene rings is 3. The Hall–Kier alpha value is -3.31. The van der Waals surface area contributed by atoms with E-state index in [9.17, 15) is 4.79 Å². The van der Waals surface area contributed by atoms with Crippen molar-refractivity contribution in [1.29, 1.82) is 0 Å². The van der Waals surface area contributed by atoms with Crippen LogP contribution in [0.3, 0.4) is 0 Å². The highest BCUT2D eigenvalue weighted by molar-refractivity contribution is 8.19. The summed E-state index contributed by atoms with van der Waals surface area (Å²) in [5, 5.41) is 0.656. The molecule has 0 N–H and O–H groups in total. The topological polar surface area (TPSA) is 35.9 Å². The fourth-order valence-corrected chi connectivity index (χ4v) is 3.99. The Kier molecular flexibility index (Phi) is 5.49. The minimum Gasteiger partial charge on any atom is -0.378 e. The SMILES string of the molecule is CN(C)c1ccc(C=C2SC(=Nc3ccccc3)N(c3ccccc3)C2=O)cc1. The normalized spacial score (nSPS) is 16.6. The summed E-state index contributed by atoms with van der Waals surface area (Å²) in [5.74, 6) is -0.0624. The third kappa shape index (κ3) is 4.25. The van der Waals surface area contributed by atoms with E-state index in [1.54, 1.807) is 4.90 Å². The second kappa shape index (κ2) is 8.37. The molecule has 5 heteroatoms. The van der Waals surface area contributed by atoms with Crippen LogP contribution in [0.4, 0.5) is 17.1 Å². The van der Waals surface area contributed by atoms with Crippen molar-refractivity contribution in [3.63, 3.8) is 0 Å². The van der Waals surface area contributed by atoms with Crippen LogP contribution < -0.4 is 9.80 Å². The smallest absolute Gasteiger partial charge is 0.271 e. The van der Waals surface area contributed by atoms with E-state index in [-0.39, 0.29) is 5.91 Å². The van der Waals surface area contributed by atoms with E-state index in [4.69, 9.17) is 4.99 Å². The second-order valence-electron chi connectivity index (χ2n) is 6.80. The molecule has 4 rings (SSSR count). The molecule has 0 spiro atoms. The summed E-state index contributed by atoms with van der Waals surface area (Å²) in [6.45, 7) is 0. The van der Waals surface area contributed by atoms with Crippen LogP contribution in [0.25, 0.3) is 6.08 Å². The van der Waals surface area contributed by atoms with E-state index in [0.29, 0.717) is 10.1 Å². The molecular weight excluding hydrogens is 378 g/mol. The average molecular weight is 400 g/mol. The van der Waals surface area contributed by atoms with Gasteiger partial charge in [0.1, 0.15) is 0 Å². The van der Waals surface area contributed by atoms with Gasteiger partial charge in [-0.15, -0.1) is 0 Å². The number of aliphatic imine (C=N–C) groups is 1. The molecule has 0 atom stereocenters. The largest absolute Gasteiger partial charge is 0.378 e. The zero-order valence-electron chi connectivity index (χ0n) is 16.3. The number of rotatable bonds is 4. The van der Waals surface area contributed by atoms with Gasteiger partial charge in [-0.2, -0.15) is 0 Å². The Morgan fingerprint density at radius 2 is 1.48 bits per heavy atom. The fraction of sp³-hybridized carbons (Fsp3) is 0.0833. The Labute approximate surface area is 175 Å². The molecule has 3 aromatic rings. The number of hydrogen-bond acceptors (Lipinski definition) is 4. The molecule has 1 fully saturated rings. The molecule has 4 nitrogen and oxygen atoms in total. The highest BCUT2D eigenvalue weighted by Gasteiger charge is 2.34. The van der Waals surface area contributed by atoms with Crippen molar-refractivity contribution >= 4 is 46.0 Å². The van der Waals surface area contributed by atoms with Crippen molar-refractivity contribution in [3.05, 3.63) is 95.4 Å². The van der Waals surface area contributed by atoms with Crippen LogP contribution in [0.5, 0.6) is 0 Å². The third-order valence-corrected chi connectivity index (χ3v) is 5.48. The van der Waals surface area contributed by atoms with Crippen LogP contribution in [-0.4, -0.2) is 25.2 Å². The summed E-state index contributed by atoms with van der Waals surface area (Å²) in [6, 6.07) is 27.5. The van der Waals surface area contributed by atoms with Gasteiger partial charge in [-0.3, -0.25) is 9.69 Å². The summed E-state index contributed by atoms with van der Waals surface area (Å²) in [5.41, 5.74) is 3.74. The van der Waals surface area contributed by atoms with Crippen molar-refractivity contribution < 1.29 is 4.79 Å². The predicted octanol–water partition coefficient (Wildman–Crippen LogP) is 5.56. The number of carbonyl (C=O) groups is 1. The average Bonchev–Trinajstić information content (AvgIpc) is 3.04. The minimum atomic E-state index is -0.0624. The van der Waals surface area contributed by atoms with Gasteiger partial charge in [-0.25, -0.2) is 4.99 Å². The summed E-state index contributed by atoms with van der Waals surface area (Å²) in [4.78, 5) is 22.3. The summed E-state index contributed by atoms with van der Waals surface area (Å²) < 4.78 is 0. The van der Waals surface area contributed by atoms with Gasteiger partial charge >= 0.3 is 0 Å². The maximum atomic E-state index is 13.2. The second-order valence-corrected chi connectivity index (χ2v) is 7.81.